The van der Waals surface area contributed by atoms with Crippen LogP contribution in [0, 0.1) is 20.8 Å². The van der Waals surface area contributed by atoms with Crippen molar-refractivity contribution >= 4 is 11.6 Å². The third-order valence-electron chi connectivity index (χ3n) is 3.14. The molecule has 0 heterocycles. The molecule has 0 aliphatic rings. The van der Waals surface area contributed by atoms with Crippen molar-refractivity contribution in [3.8, 4) is 5.75 Å². The lowest BCUT2D eigenvalue weighted by atomic mass is 10.1. The number of hydrogen-bond donors (Lipinski definition) is 1. The van der Waals surface area contributed by atoms with Crippen molar-refractivity contribution in [2.45, 2.75) is 20.8 Å². The highest BCUT2D eigenvalue weighted by Crippen LogP contribution is 2.19. The molecule has 0 radical (unpaired) electrons. The summed E-state index contributed by atoms with van der Waals surface area (Å²) < 4.78 is 5.46. The molecule has 0 aliphatic heterocycles. The average molecular weight is 269 g/mol. The van der Waals surface area contributed by atoms with Crippen LogP contribution in [0.25, 0.3) is 0 Å². The molecule has 0 saturated carbocycles. The molecule has 0 unspecified atom stereocenters. The zero-order chi connectivity index (χ0) is 14.5. The molecule has 0 atom stereocenters. The summed E-state index contributed by atoms with van der Waals surface area (Å²) in [5, 5.41) is 2.90. The molecule has 20 heavy (non-hydrogen) atoms. The van der Waals surface area contributed by atoms with Crippen LogP contribution < -0.4 is 10.1 Å². The normalized spacial score (nSPS) is 10.2. The zero-order valence-corrected chi connectivity index (χ0v) is 12.1. The van der Waals surface area contributed by atoms with Crippen molar-refractivity contribution in [2.24, 2.45) is 0 Å². The van der Waals surface area contributed by atoms with E-state index in [-0.39, 0.29) is 12.5 Å². The number of amides is 1. The molecule has 1 amide bonds. The maximum Gasteiger partial charge on any atom is 0.262 e. The minimum Gasteiger partial charge on any atom is -0.484 e. The van der Waals surface area contributed by atoms with E-state index in [1.54, 1.807) is 0 Å². The maximum atomic E-state index is 11.9. The van der Waals surface area contributed by atoms with E-state index >= 15 is 0 Å². The predicted molar refractivity (Wildman–Crippen MR) is 81.2 cm³/mol. The fourth-order valence-corrected chi connectivity index (χ4v) is 1.97. The molecule has 0 saturated heterocycles. The lowest BCUT2D eigenvalue weighted by Crippen LogP contribution is -2.21. The molecule has 0 fully saturated rings. The van der Waals surface area contributed by atoms with Crippen LogP contribution in [0.3, 0.4) is 0 Å². The van der Waals surface area contributed by atoms with E-state index in [1.807, 2.05) is 63.2 Å². The monoisotopic (exact) mass is 269 g/mol. The van der Waals surface area contributed by atoms with Gasteiger partial charge >= 0.3 is 0 Å². The number of para-hydroxylation sites is 1. The van der Waals surface area contributed by atoms with Crippen LogP contribution in [-0.4, -0.2) is 12.5 Å². The molecule has 0 spiro atoms. The molecule has 0 aromatic heterocycles. The summed E-state index contributed by atoms with van der Waals surface area (Å²) in [6, 6.07) is 13.6. The number of hydrogen-bond acceptors (Lipinski definition) is 2. The SMILES string of the molecule is Cc1ccc(OCC(=O)Nc2c(C)cccc2C)cc1. The van der Waals surface area contributed by atoms with Gasteiger partial charge in [0, 0.05) is 5.69 Å². The van der Waals surface area contributed by atoms with Crippen molar-refractivity contribution < 1.29 is 9.53 Å². The Balaban J connectivity index is 1.94. The van der Waals surface area contributed by atoms with Gasteiger partial charge in [0.05, 0.1) is 0 Å². The lowest BCUT2D eigenvalue weighted by molar-refractivity contribution is -0.118. The summed E-state index contributed by atoms with van der Waals surface area (Å²) in [7, 11) is 0. The Bertz CT molecular complexity index is 583. The number of ether oxygens (including phenoxy) is 1. The van der Waals surface area contributed by atoms with Crippen LogP contribution in [-0.2, 0) is 4.79 Å². The molecule has 2 rings (SSSR count). The van der Waals surface area contributed by atoms with Crippen LogP contribution >= 0.6 is 0 Å². The van der Waals surface area contributed by atoms with Gasteiger partial charge in [-0.3, -0.25) is 4.79 Å². The van der Waals surface area contributed by atoms with Gasteiger partial charge in [-0.25, -0.2) is 0 Å². The topological polar surface area (TPSA) is 38.3 Å². The molecule has 0 aliphatic carbocycles. The summed E-state index contributed by atoms with van der Waals surface area (Å²) in [6.45, 7) is 5.97. The number of nitrogens with one attached hydrogen (secondary N) is 1. The van der Waals surface area contributed by atoms with Crippen LogP contribution in [0.1, 0.15) is 16.7 Å². The summed E-state index contributed by atoms with van der Waals surface area (Å²) >= 11 is 0. The fourth-order valence-electron chi connectivity index (χ4n) is 1.97. The second kappa shape index (κ2) is 6.24. The van der Waals surface area contributed by atoms with Gasteiger partial charge in [-0.05, 0) is 44.0 Å². The second-order valence-electron chi connectivity index (χ2n) is 4.92. The van der Waals surface area contributed by atoms with Crippen molar-refractivity contribution in [3.05, 3.63) is 59.2 Å². The van der Waals surface area contributed by atoms with E-state index in [4.69, 9.17) is 4.74 Å². The summed E-state index contributed by atoms with van der Waals surface area (Å²) in [6.07, 6.45) is 0. The minimum atomic E-state index is -0.150. The highest BCUT2D eigenvalue weighted by molar-refractivity contribution is 5.93. The van der Waals surface area contributed by atoms with E-state index in [0.717, 1.165) is 22.4 Å². The standard InChI is InChI=1S/C17H19NO2/c1-12-7-9-15(10-8-12)20-11-16(19)18-17-13(2)5-4-6-14(17)3/h4-10H,11H2,1-3H3,(H,18,19). The number of anilines is 1. The van der Waals surface area contributed by atoms with Crippen molar-refractivity contribution in [3.63, 3.8) is 0 Å². The van der Waals surface area contributed by atoms with E-state index in [1.165, 1.54) is 0 Å². The van der Waals surface area contributed by atoms with Crippen LogP contribution in [0.2, 0.25) is 0 Å². The zero-order valence-electron chi connectivity index (χ0n) is 12.1. The number of carbonyl (C=O) groups is 1. The van der Waals surface area contributed by atoms with Gasteiger partial charge in [0.25, 0.3) is 5.91 Å². The molecule has 3 heteroatoms. The molecule has 0 bridgehead atoms. The Labute approximate surface area is 119 Å². The Morgan fingerprint density at radius 1 is 1.00 bits per heavy atom. The van der Waals surface area contributed by atoms with Crippen LogP contribution in [0.5, 0.6) is 5.75 Å². The number of benzene rings is 2. The third kappa shape index (κ3) is 3.60. The maximum absolute atomic E-state index is 11.9. The van der Waals surface area contributed by atoms with E-state index < -0.39 is 0 Å². The first-order valence-corrected chi connectivity index (χ1v) is 6.62. The van der Waals surface area contributed by atoms with Crippen molar-refractivity contribution in [2.75, 3.05) is 11.9 Å². The number of carbonyl (C=O) groups excluding carboxylic acids is 1. The first-order chi connectivity index (χ1) is 9.56. The smallest absolute Gasteiger partial charge is 0.262 e. The third-order valence-corrected chi connectivity index (χ3v) is 3.14. The Morgan fingerprint density at radius 2 is 1.60 bits per heavy atom. The van der Waals surface area contributed by atoms with Crippen molar-refractivity contribution in [1.82, 2.24) is 0 Å². The van der Waals surface area contributed by atoms with Crippen LogP contribution in [0.4, 0.5) is 5.69 Å². The van der Waals surface area contributed by atoms with E-state index in [2.05, 4.69) is 5.32 Å². The van der Waals surface area contributed by atoms with Gasteiger partial charge in [-0.15, -0.1) is 0 Å². The summed E-state index contributed by atoms with van der Waals surface area (Å²) in [5.74, 6) is 0.551. The Morgan fingerprint density at radius 3 is 2.20 bits per heavy atom. The number of aryl methyl sites for hydroxylation is 3. The highest BCUT2D eigenvalue weighted by Gasteiger charge is 2.07. The summed E-state index contributed by atoms with van der Waals surface area (Å²) in [5.41, 5.74) is 4.13. The van der Waals surface area contributed by atoms with Crippen molar-refractivity contribution in [1.29, 1.82) is 0 Å². The predicted octanol–water partition coefficient (Wildman–Crippen LogP) is 3.63. The van der Waals surface area contributed by atoms with E-state index in [0.29, 0.717) is 5.75 Å². The van der Waals surface area contributed by atoms with Gasteiger partial charge in [0.2, 0.25) is 0 Å². The quantitative estimate of drug-likeness (QED) is 0.920. The van der Waals surface area contributed by atoms with Crippen LogP contribution in [0.15, 0.2) is 42.5 Å². The highest BCUT2D eigenvalue weighted by atomic mass is 16.5. The van der Waals surface area contributed by atoms with E-state index in [9.17, 15) is 4.79 Å². The molecule has 2 aromatic carbocycles. The van der Waals surface area contributed by atoms with Gasteiger partial charge in [0.1, 0.15) is 5.75 Å². The van der Waals surface area contributed by atoms with Gasteiger partial charge in [-0.1, -0.05) is 35.9 Å². The molecular formula is C17H19NO2. The lowest BCUT2D eigenvalue weighted by Gasteiger charge is -2.12. The first kappa shape index (κ1) is 14.1. The number of rotatable bonds is 4. The first-order valence-electron chi connectivity index (χ1n) is 6.62. The second-order valence-corrected chi connectivity index (χ2v) is 4.92. The molecular weight excluding hydrogens is 250 g/mol. The Kier molecular flexibility index (Phi) is 4.41. The fraction of sp³-hybridized carbons (Fsp3) is 0.235. The molecule has 104 valence electrons. The molecule has 1 N–H and O–H groups in total. The molecule has 3 nitrogen and oxygen atoms in total. The summed E-state index contributed by atoms with van der Waals surface area (Å²) in [4.78, 5) is 11.9. The average Bonchev–Trinajstić information content (AvgIpc) is 2.42. The minimum absolute atomic E-state index is 0.0107. The molecule has 2 aromatic rings. The largest absolute Gasteiger partial charge is 0.484 e. The van der Waals surface area contributed by atoms with Gasteiger partial charge in [-0.2, -0.15) is 0 Å². The van der Waals surface area contributed by atoms with Gasteiger partial charge in [0.15, 0.2) is 6.61 Å². The Hall–Kier alpha value is -2.29. The van der Waals surface area contributed by atoms with Gasteiger partial charge < -0.3 is 10.1 Å².